The van der Waals surface area contributed by atoms with Crippen molar-refractivity contribution >= 4 is 23.0 Å². The van der Waals surface area contributed by atoms with Crippen molar-refractivity contribution < 1.29 is 24.2 Å². The van der Waals surface area contributed by atoms with Gasteiger partial charge in [-0.1, -0.05) is 30.3 Å². The van der Waals surface area contributed by atoms with Crippen molar-refractivity contribution in [2.75, 3.05) is 0 Å². The minimum Gasteiger partial charge on any atom is -0.508 e. The van der Waals surface area contributed by atoms with Crippen molar-refractivity contribution in [3.8, 4) is 5.75 Å². The third-order valence-corrected chi connectivity index (χ3v) is 4.37. The zero-order valence-corrected chi connectivity index (χ0v) is 17.3. The van der Waals surface area contributed by atoms with E-state index in [9.17, 15) is 14.7 Å². The maximum atomic E-state index is 12.8. The molecule has 2 aromatic carbocycles. The zero-order valence-electron chi connectivity index (χ0n) is 17.3. The first kappa shape index (κ1) is 21.2. The SMILES string of the molecule is CC(C)(C)OC(=O)NC(Cc1c[nH]c2ccc(O)cc12)C(=O)OCc1ccccc1. The van der Waals surface area contributed by atoms with E-state index in [2.05, 4.69) is 10.3 Å². The summed E-state index contributed by atoms with van der Waals surface area (Å²) in [6, 6.07) is 13.3. The normalized spacial score (nSPS) is 12.4. The number of alkyl carbamates (subject to hydrolysis) is 1. The lowest BCUT2D eigenvalue weighted by Crippen LogP contribution is -2.45. The van der Waals surface area contributed by atoms with Gasteiger partial charge in [-0.15, -0.1) is 0 Å². The number of rotatable bonds is 6. The number of hydrogen-bond acceptors (Lipinski definition) is 5. The molecule has 0 bridgehead atoms. The van der Waals surface area contributed by atoms with E-state index >= 15 is 0 Å². The smallest absolute Gasteiger partial charge is 0.408 e. The van der Waals surface area contributed by atoms with Crippen molar-refractivity contribution in [3.63, 3.8) is 0 Å². The summed E-state index contributed by atoms with van der Waals surface area (Å²) in [5, 5.41) is 13.2. The third kappa shape index (κ3) is 5.76. The summed E-state index contributed by atoms with van der Waals surface area (Å²) in [6.07, 6.45) is 1.22. The van der Waals surface area contributed by atoms with Crippen molar-refractivity contribution in [1.29, 1.82) is 0 Å². The Hall–Kier alpha value is -3.48. The molecule has 30 heavy (non-hydrogen) atoms. The van der Waals surface area contributed by atoms with E-state index < -0.39 is 23.7 Å². The second-order valence-electron chi connectivity index (χ2n) is 8.04. The second kappa shape index (κ2) is 8.90. The molecule has 1 atom stereocenters. The van der Waals surface area contributed by atoms with Crippen LogP contribution in [0.15, 0.2) is 54.7 Å². The minimum absolute atomic E-state index is 0.0981. The summed E-state index contributed by atoms with van der Waals surface area (Å²) in [4.78, 5) is 28.2. The maximum absolute atomic E-state index is 12.8. The van der Waals surface area contributed by atoms with Crippen LogP contribution in [0.25, 0.3) is 10.9 Å². The highest BCUT2D eigenvalue weighted by atomic mass is 16.6. The molecule has 7 nitrogen and oxygen atoms in total. The van der Waals surface area contributed by atoms with Crippen LogP contribution >= 0.6 is 0 Å². The number of H-pyrrole nitrogens is 1. The Labute approximate surface area is 175 Å². The first-order chi connectivity index (χ1) is 14.2. The van der Waals surface area contributed by atoms with Crippen molar-refractivity contribution in [1.82, 2.24) is 10.3 Å². The molecule has 0 saturated carbocycles. The number of phenols is 1. The summed E-state index contributed by atoms with van der Waals surface area (Å²) in [5.74, 6) is -0.453. The Bertz CT molecular complexity index is 1020. The van der Waals surface area contributed by atoms with Crippen LogP contribution in [0.1, 0.15) is 31.9 Å². The van der Waals surface area contributed by atoms with E-state index in [4.69, 9.17) is 9.47 Å². The van der Waals surface area contributed by atoms with Gasteiger partial charge in [-0.05, 0) is 50.1 Å². The number of aromatic nitrogens is 1. The topological polar surface area (TPSA) is 101 Å². The fourth-order valence-electron chi connectivity index (χ4n) is 3.03. The molecule has 1 aromatic heterocycles. The van der Waals surface area contributed by atoms with Crippen molar-refractivity contribution in [2.45, 2.75) is 45.4 Å². The summed E-state index contributed by atoms with van der Waals surface area (Å²) in [7, 11) is 0. The van der Waals surface area contributed by atoms with Crippen LogP contribution in [0.4, 0.5) is 4.79 Å². The monoisotopic (exact) mass is 410 g/mol. The molecule has 3 N–H and O–H groups in total. The average Bonchev–Trinajstić information content (AvgIpc) is 3.07. The number of fused-ring (bicyclic) bond motifs is 1. The van der Waals surface area contributed by atoms with E-state index in [-0.39, 0.29) is 18.8 Å². The van der Waals surface area contributed by atoms with E-state index in [1.54, 1.807) is 45.2 Å². The van der Waals surface area contributed by atoms with E-state index in [0.29, 0.717) is 0 Å². The number of nitrogens with one attached hydrogen (secondary N) is 2. The van der Waals surface area contributed by atoms with Gasteiger partial charge in [0, 0.05) is 23.5 Å². The van der Waals surface area contributed by atoms with Gasteiger partial charge in [-0.25, -0.2) is 9.59 Å². The van der Waals surface area contributed by atoms with E-state index in [0.717, 1.165) is 22.0 Å². The Kier molecular flexibility index (Phi) is 6.30. The molecule has 0 spiro atoms. The molecule has 3 rings (SSSR count). The number of esters is 1. The molecule has 7 heteroatoms. The van der Waals surface area contributed by atoms with Crippen molar-refractivity contribution in [2.24, 2.45) is 0 Å². The van der Waals surface area contributed by atoms with Gasteiger partial charge in [-0.2, -0.15) is 0 Å². The fourth-order valence-corrected chi connectivity index (χ4v) is 3.03. The lowest BCUT2D eigenvalue weighted by atomic mass is 10.0. The molecular weight excluding hydrogens is 384 g/mol. The van der Waals surface area contributed by atoms with Crippen LogP contribution < -0.4 is 5.32 Å². The highest BCUT2D eigenvalue weighted by molar-refractivity contribution is 5.87. The summed E-state index contributed by atoms with van der Waals surface area (Å²) < 4.78 is 10.7. The Morgan fingerprint density at radius 2 is 1.87 bits per heavy atom. The number of amides is 1. The lowest BCUT2D eigenvalue weighted by molar-refractivity contribution is -0.147. The molecule has 1 heterocycles. The molecule has 0 fully saturated rings. The predicted molar refractivity (Wildman–Crippen MR) is 113 cm³/mol. The predicted octanol–water partition coefficient (Wildman–Crippen LogP) is 4.05. The Morgan fingerprint density at radius 3 is 2.57 bits per heavy atom. The average molecular weight is 410 g/mol. The number of benzene rings is 2. The summed E-state index contributed by atoms with van der Waals surface area (Å²) in [6.45, 7) is 5.34. The number of aromatic amines is 1. The zero-order chi connectivity index (χ0) is 21.7. The van der Waals surface area contributed by atoms with Gasteiger partial charge in [0.1, 0.15) is 24.0 Å². The molecular formula is C23H26N2O5. The lowest BCUT2D eigenvalue weighted by Gasteiger charge is -2.23. The molecule has 0 saturated heterocycles. The molecule has 0 aliphatic rings. The van der Waals surface area contributed by atoms with Crippen LogP contribution in [-0.2, 0) is 27.3 Å². The quantitative estimate of drug-likeness (QED) is 0.532. The van der Waals surface area contributed by atoms with Crippen LogP contribution in [0.2, 0.25) is 0 Å². The van der Waals surface area contributed by atoms with E-state index in [1.807, 2.05) is 30.3 Å². The van der Waals surface area contributed by atoms with Gasteiger partial charge in [-0.3, -0.25) is 0 Å². The number of ether oxygens (including phenoxy) is 2. The standard InChI is InChI=1S/C23H26N2O5/c1-23(2,3)30-22(28)25-20(21(27)29-14-15-7-5-4-6-8-15)11-16-13-24-19-10-9-17(26)12-18(16)19/h4-10,12-13,20,24,26H,11,14H2,1-3H3,(H,25,28). The van der Waals surface area contributed by atoms with Crippen LogP contribution in [0.3, 0.4) is 0 Å². The minimum atomic E-state index is -0.954. The first-order valence-electron chi connectivity index (χ1n) is 9.70. The second-order valence-corrected chi connectivity index (χ2v) is 8.04. The van der Waals surface area contributed by atoms with Gasteiger partial charge in [0.25, 0.3) is 0 Å². The molecule has 1 amide bonds. The number of carbonyl (C=O) groups excluding carboxylic acids is 2. The summed E-state index contributed by atoms with van der Waals surface area (Å²) >= 11 is 0. The van der Waals surface area contributed by atoms with Crippen LogP contribution in [-0.4, -0.2) is 33.8 Å². The van der Waals surface area contributed by atoms with Gasteiger partial charge < -0.3 is 24.9 Å². The Balaban J connectivity index is 1.78. The van der Waals surface area contributed by atoms with Gasteiger partial charge in [0.2, 0.25) is 0 Å². The molecule has 158 valence electrons. The number of hydrogen-bond donors (Lipinski definition) is 3. The number of phenolic OH excluding ortho intramolecular Hbond substituents is 1. The van der Waals surface area contributed by atoms with Gasteiger partial charge >= 0.3 is 12.1 Å². The van der Waals surface area contributed by atoms with Gasteiger partial charge in [0.05, 0.1) is 0 Å². The highest BCUT2D eigenvalue weighted by Gasteiger charge is 2.27. The maximum Gasteiger partial charge on any atom is 0.408 e. The Morgan fingerprint density at radius 1 is 1.13 bits per heavy atom. The molecule has 0 aliphatic heterocycles. The third-order valence-electron chi connectivity index (χ3n) is 4.37. The summed E-state index contributed by atoms with van der Waals surface area (Å²) in [5.41, 5.74) is 1.73. The van der Waals surface area contributed by atoms with E-state index in [1.165, 1.54) is 0 Å². The van der Waals surface area contributed by atoms with Crippen LogP contribution in [0, 0.1) is 0 Å². The number of aromatic hydroxyl groups is 1. The molecule has 3 aromatic rings. The van der Waals surface area contributed by atoms with Gasteiger partial charge in [0.15, 0.2) is 0 Å². The number of carbonyl (C=O) groups is 2. The largest absolute Gasteiger partial charge is 0.508 e. The highest BCUT2D eigenvalue weighted by Crippen LogP contribution is 2.24. The first-order valence-corrected chi connectivity index (χ1v) is 9.70. The van der Waals surface area contributed by atoms with Crippen LogP contribution in [0.5, 0.6) is 5.75 Å². The molecule has 1 unspecified atom stereocenters. The van der Waals surface area contributed by atoms with Crippen molar-refractivity contribution in [3.05, 3.63) is 65.9 Å². The molecule has 0 radical (unpaired) electrons. The fraction of sp³-hybridized carbons (Fsp3) is 0.304. The molecule has 0 aliphatic carbocycles.